The van der Waals surface area contributed by atoms with Gasteiger partial charge in [0.05, 0.1) is 22.3 Å². The highest BCUT2D eigenvalue weighted by molar-refractivity contribution is 6.76. The molecule has 2 aliphatic rings. The Bertz CT molecular complexity index is 721. The number of carbonyl (C=O) groups excluding carboxylic acids is 2. The normalized spacial score (nSPS) is 25.1. The molecule has 2 aliphatic carbocycles. The van der Waals surface area contributed by atoms with Crippen molar-refractivity contribution in [3.05, 3.63) is 35.9 Å². The van der Waals surface area contributed by atoms with E-state index in [0.29, 0.717) is 18.3 Å². The molecule has 0 N–H and O–H groups in total. The van der Waals surface area contributed by atoms with Gasteiger partial charge in [-0.3, -0.25) is 9.59 Å². The quantitative estimate of drug-likeness (QED) is 0.371. The van der Waals surface area contributed by atoms with Gasteiger partial charge in [0.15, 0.2) is 5.41 Å². The second-order valence-electron chi connectivity index (χ2n) is 10.0. The van der Waals surface area contributed by atoms with Crippen molar-refractivity contribution in [1.29, 1.82) is 0 Å². The second kappa shape index (κ2) is 8.25. The van der Waals surface area contributed by atoms with Crippen LogP contribution in [0.1, 0.15) is 44.6 Å². The van der Waals surface area contributed by atoms with E-state index in [1.807, 2.05) is 0 Å². The van der Waals surface area contributed by atoms with Gasteiger partial charge in [-0.1, -0.05) is 74.8 Å². The minimum absolute atomic E-state index is 0.311. The van der Waals surface area contributed by atoms with Gasteiger partial charge in [0.1, 0.15) is 0 Å². The molecule has 2 fully saturated rings. The number of rotatable bonds is 6. The van der Waals surface area contributed by atoms with Crippen molar-refractivity contribution in [2.75, 3.05) is 14.2 Å². The molecule has 2 saturated carbocycles. The van der Waals surface area contributed by atoms with Gasteiger partial charge >= 0.3 is 11.9 Å². The Hall–Kier alpha value is -1.62. The minimum atomic E-state index is -1.58. The Morgan fingerprint density at radius 2 is 1.59 bits per heavy atom. The molecule has 0 bridgehead atoms. The Kier molecular flexibility index (Phi) is 6.28. The molecule has 1 aromatic carbocycles. The molecule has 0 unspecified atom stereocenters. The number of hydrogen-bond acceptors (Lipinski definition) is 4. The van der Waals surface area contributed by atoms with Gasteiger partial charge in [-0.2, -0.15) is 0 Å². The lowest BCUT2D eigenvalue weighted by Gasteiger charge is -2.42. The first-order chi connectivity index (χ1) is 13.7. The van der Waals surface area contributed by atoms with Crippen LogP contribution in [0.25, 0.3) is 0 Å². The maximum Gasteiger partial charge on any atom is 0.323 e. The predicted octanol–water partition coefficient (Wildman–Crippen LogP) is 5.03. The zero-order valence-corrected chi connectivity index (χ0v) is 19.6. The number of benzene rings is 1. The molecule has 0 aromatic heterocycles. The van der Waals surface area contributed by atoms with E-state index in [9.17, 15) is 9.59 Å². The lowest BCUT2D eigenvalue weighted by Crippen LogP contribution is -2.51. The van der Waals surface area contributed by atoms with Crippen molar-refractivity contribution >= 4 is 20.0 Å². The summed E-state index contributed by atoms with van der Waals surface area (Å²) in [6, 6.07) is 12.9. The molecule has 160 valence electrons. The van der Waals surface area contributed by atoms with Crippen LogP contribution in [0.4, 0.5) is 0 Å². The molecular formula is C24H36O4Si. The Labute approximate surface area is 176 Å². The highest BCUT2D eigenvalue weighted by Crippen LogP contribution is 2.67. The average Bonchev–Trinajstić information content (AvgIpc) is 3.28. The number of methoxy groups -OCH3 is 2. The summed E-state index contributed by atoms with van der Waals surface area (Å²) in [5.41, 5.74) is -0.0822. The first-order valence-corrected chi connectivity index (χ1v) is 14.3. The molecule has 1 spiro atoms. The van der Waals surface area contributed by atoms with E-state index in [-0.39, 0.29) is 17.4 Å². The molecule has 3 rings (SSSR count). The van der Waals surface area contributed by atoms with Gasteiger partial charge < -0.3 is 9.47 Å². The van der Waals surface area contributed by atoms with Crippen molar-refractivity contribution in [1.82, 2.24) is 0 Å². The van der Waals surface area contributed by atoms with Crippen LogP contribution in [0.15, 0.2) is 30.3 Å². The van der Waals surface area contributed by atoms with Crippen LogP contribution in [-0.2, 0) is 25.1 Å². The third-order valence-corrected chi connectivity index (χ3v) is 10.9. The van der Waals surface area contributed by atoms with E-state index < -0.39 is 13.5 Å². The smallest absolute Gasteiger partial charge is 0.323 e. The Morgan fingerprint density at radius 3 is 2.10 bits per heavy atom. The fraction of sp³-hybridized carbons (Fsp3) is 0.667. The van der Waals surface area contributed by atoms with Gasteiger partial charge in [-0.05, 0) is 37.1 Å². The molecule has 29 heavy (non-hydrogen) atoms. The van der Waals surface area contributed by atoms with Crippen LogP contribution in [0.2, 0.25) is 19.1 Å². The maximum absolute atomic E-state index is 13.1. The third kappa shape index (κ3) is 3.67. The molecule has 0 aliphatic heterocycles. The zero-order valence-electron chi connectivity index (χ0n) is 18.6. The predicted molar refractivity (Wildman–Crippen MR) is 117 cm³/mol. The molecular weight excluding hydrogens is 380 g/mol. The van der Waals surface area contributed by atoms with Crippen molar-refractivity contribution < 1.29 is 19.1 Å². The van der Waals surface area contributed by atoms with Crippen LogP contribution >= 0.6 is 0 Å². The summed E-state index contributed by atoms with van der Waals surface area (Å²) in [6.07, 6.45) is 4.53. The lowest BCUT2D eigenvalue weighted by molar-refractivity contribution is -0.179. The van der Waals surface area contributed by atoms with Gasteiger partial charge in [0.2, 0.25) is 0 Å². The fourth-order valence-corrected chi connectivity index (χ4v) is 10.1. The summed E-state index contributed by atoms with van der Waals surface area (Å²) >= 11 is 0. The van der Waals surface area contributed by atoms with Crippen molar-refractivity contribution in [3.8, 4) is 0 Å². The van der Waals surface area contributed by atoms with E-state index in [1.165, 1.54) is 19.8 Å². The summed E-state index contributed by atoms with van der Waals surface area (Å²) in [4.78, 5) is 26.3. The molecule has 4 nitrogen and oxygen atoms in total. The SMILES string of the molecule is COC(=O)C1(C(=O)OC)C[C@@H](C[Si](C)(C)Cc2ccccc2)[C@H](C)C12CCCC2. The van der Waals surface area contributed by atoms with E-state index in [1.54, 1.807) is 0 Å². The Morgan fingerprint density at radius 1 is 1.03 bits per heavy atom. The first-order valence-electron chi connectivity index (χ1n) is 10.9. The fourth-order valence-electron chi connectivity index (χ4n) is 6.69. The molecule has 0 heterocycles. The largest absolute Gasteiger partial charge is 0.468 e. The summed E-state index contributed by atoms with van der Waals surface area (Å²) in [6.45, 7) is 7.14. The van der Waals surface area contributed by atoms with Gasteiger partial charge in [0, 0.05) is 5.41 Å². The third-order valence-electron chi connectivity index (χ3n) is 7.90. The van der Waals surface area contributed by atoms with Crippen molar-refractivity contribution in [2.24, 2.45) is 22.7 Å². The highest BCUT2D eigenvalue weighted by atomic mass is 28.3. The summed E-state index contributed by atoms with van der Waals surface area (Å²) < 4.78 is 10.5. The topological polar surface area (TPSA) is 52.6 Å². The first kappa shape index (κ1) is 22.1. The molecule has 5 heteroatoms. The standard InChI is InChI=1S/C24H36O4Si/c1-18-20(17-29(4,5)16-19-11-7-6-8-12-19)15-24(21(25)27-2,22(26)28-3)23(18)13-9-10-14-23/h6-8,11-12,18,20H,9-10,13-17H2,1-5H3/t18-,20-/m0/s1. The van der Waals surface area contributed by atoms with Gasteiger partial charge in [-0.25, -0.2) is 0 Å². The second-order valence-corrected chi connectivity index (χ2v) is 15.1. The van der Waals surface area contributed by atoms with Crippen LogP contribution in [-0.4, -0.2) is 34.2 Å². The van der Waals surface area contributed by atoms with Gasteiger partial charge in [-0.15, -0.1) is 0 Å². The number of carbonyl (C=O) groups is 2. The molecule has 0 saturated heterocycles. The van der Waals surface area contributed by atoms with Crippen LogP contribution in [0.5, 0.6) is 0 Å². The van der Waals surface area contributed by atoms with Crippen LogP contribution < -0.4 is 0 Å². The van der Waals surface area contributed by atoms with Crippen molar-refractivity contribution in [3.63, 3.8) is 0 Å². The number of esters is 2. The summed E-state index contributed by atoms with van der Waals surface area (Å²) in [7, 11) is 1.23. The number of hydrogen-bond donors (Lipinski definition) is 0. The molecule has 0 radical (unpaired) electrons. The van der Waals surface area contributed by atoms with E-state index in [4.69, 9.17) is 9.47 Å². The monoisotopic (exact) mass is 416 g/mol. The zero-order chi connectivity index (χ0) is 21.3. The minimum Gasteiger partial charge on any atom is -0.468 e. The van der Waals surface area contributed by atoms with Crippen molar-refractivity contribution in [2.45, 2.75) is 64.2 Å². The molecule has 1 aromatic rings. The van der Waals surface area contributed by atoms with Gasteiger partial charge in [0.25, 0.3) is 0 Å². The van der Waals surface area contributed by atoms with E-state index in [0.717, 1.165) is 37.8 Å². The number of ether oxygens (including phenoxy) is 2. The van der Waals surface area contributed by atoms with Crippen LogP contribution in [0.3, 0.4) is 0 Å². The average molecular weight is 417 g/mol. The van der Waals surface area contributed by atoms with Crippen LogP contribution in [0, 0.1) is 22.7 Å². The molecule has 0 amide bonds. The summed E-state index contributed by atoms with van der Waals surface area (Å²) in [5, 5.41) is 0. The van der Waals surface area contributed by atoms with E-state index >= 15 is 0 Å². The Balaban J connectivity index is 1.93. The van der Waals surface area contributed by atoms with E-state index in [2.05, 4.69) is 50.3 Å². The lowest BCUT2D eigenvalue weighted by atomic mass is 9.61. The summed E-state index contributed by atoms with van der Waals surface area (Å²) in [5.74, 6) is -0.117. The highest BCUT2D eigenvalue weighted by Gasteiger charge is 2.71. The maximum atomic E-state index is 13.1. The molecule has 2 atom stereocenters.